The van der Waals surface area contributed by atoms with E-state index in [1.54, 1.807) is 12.1 Å². The molecule has 0 aliphatic carbocycles. The normalized spacial score (nSPS) is 15.9. The van der Waals surface area contributed by atoms with Crippen molar-refractivity contribution < 1.29 is 14.3 Å². The predicted octanol–water partition coefficient (Wildman–Crippen LogP) is 1.29. The van der Waals surface area contributed by atoms with E-state index >= 15 is 0 Å². The van der Waals surface area contributed by atoms with E-state index in [1.165, 1.54) is 0 Å². The van der Waals surface area contributed by atoms with Gasteiger partial charge in [-0.3, -0.25) is 4.79 Å². The summed E-state index contributed by atoms with van der Waals surface area (Å²) in [5, 5.41) is 0. The molecule has 1 aliphatic heterocycles. The van der Waals surface area contributed by atoms with Crippen molar-refractivity contribution in [3.05, 3.63) is 24.3 Å². The Labute approximate surface area is 113 Å². The van der Waals surface area contributed by atoms with Gasteiger partial charge in [-0.25, -0.2) is 0 Å². The number of para-hydroxylation sites is 2. The third-order valence-electron chi connectivity index (χ3n) is 3.07. The predicted molar refractivity (Wildman–Crippen MR) is 73.0 cm³/mol. The van der Waals surface area contributed by atoms with E-state index in [-0.39, 0.29) is 5.91 Å². The summed E-state index contributed by atoms with van der Waals surface area (Å²) in [6.07, 6.45) is 1.27. The molecule has 0 spiro atoms. The van der Waals surface area contributed by atoms with Crippen molar-refractivity contribution in [1.29, 1.82) is 0 Å². The average Bonchev–Trinajstić information content (AvgIpc) is 2.70. The Morgan fingerprint density at radius 2 is 2.16 bits per heavy atom. The number of anilines is 1. The molecule has 5 heteroatoms. The molecule has 0 saturated carbocycles. The van der Waals surface area contributed by atoms with Gasteiger partial charge in [0.25, 0.3) is 0 Å². The van der Waals surface area contributed by atoms with Crippen LogP contribution in [0, 0.1) is 0 Å². The van der Waals surface area contributed by atoms with Gasteiger partial charge in [0.05, 0.1) is 25.3 Å². The average molecular weight is 264 g/mol. The summed E-state index contributed by atoms with van der Waals surface area (Å²) in [4.78, 5) is 13.8. The molecule has 0 bridgehead atoms. The molecular formula is C14H20N2O3. The number of benzene rings is 1. The second-order valence-corrected chi connectivity index (χ2v) is 4.48. The highest BCUT2D eigenvalue weighted by Crippen LogP contribution is 2.19. The smallest absolute Gasteiger partial charge is 0.226 e. The fourth-order valence-electron chi connectivity index (χ4n) is 2.01. The Hall–Kier alpha value is -1.75. The highest BCUT2D eigenvalue weighted by atomic mass is 16.5. The topological polar surface area (TPSA) is 64.8 Å². The first-order chi connectivity index (χ1) is 9.27. The van der Waals surface area contributed by atoms with Crippen molar-refractivity contribution in [2.75, 3.05) is 38.6 Å². The molecular weight excluding hydrogens is 244 g/mol. The quantitative estimate of drug-likeness (QED) is 0.832. The molecule has 19 heavy (non-hydrogen) atoms. The van der Waals surface area contributed by atoms with E-state index in [1.807, 2.05) is 17.0 Å². The van der Waals surface area contributed by atoms with Gasteiger partial charge in [-0.15, -0.1) is 0 Å². The van der Waals surface area contributed by atoms with Crippen LogP contribution in [-0.4, -0.2) is 43.7 Å². The maximum absolute atomic E-state index is 12.0. The van der Waals surface area contributed by atoms with Crippen molar-refractivity contribution in [1.82, 2.24) is 4.90 Å². The highest BCUT2D eigenvalue weighted by molar-refractivity contribution is 5.76. The number of nitrogens with zero attached hydrogens (tertiary/aromatic N) is 1. The maximum atomic E-state index is 12.0. The molecule has 1 aromatic carbocycles. The standard InChI is InChI=1S/C14H20N2O3/c15-12-4-1-2-5-13(12)19-10-6-14(17)16-7-3-9-18-11-8-16/h1-2,4-5H,3,6-11,15H2. The van der Waals surface area contributed by atoms with Crippen LogP contribution in [-0.2, 0) is 9.53 Å². The van der Waals surface area contributed by atoms with E-state index in [4.69, 9.17) is 15.2 Å². The lowest BCUT2D eigenvalue weighted by Crippen LogP contribution is -2.34. The molecule has 2 N–H and O–H groups in total. The fraction of sp³-hybridized carbons (Fsp3) is 0.500. The highest BCUT2D eigenvalue weighted by Gasteiger charge is 2.15. The van der Waals surface area contributed by atoms with Gasteiger partial charge < -0.3 is 20.1 Å². The van der Waals surface area contributed by atoms with Crippen LogP contribution in [0.25, 0.3) is 0 Å². The van der Waals surface area contributed by atoms with Crippen molar-refractivity contribution in [2.45, 2.75) is 12.8 Å². The molecule has 2 rings (SSSR count). The van der Waals surface area contributed by atoms with E-state index < -0.39 is 0 Å². The minimum absolute atomic E-state index is 0.111. The fourth-order valence-corrected chi connectivity index (χ4v) is 2.01. The van der Waals surface area contributed by atoms with Gasteiger partial charge in [0, 0.05) is 19.7 Å². The summed E-state index contributed by atoms with van der Waals surface area (Å²) in [7, 11) is 0. The van der Waals surface area contributed by atoms with Crippen LogP contribution >= 0.6 is 0 Å². The number of nitrogen functional groups attached to an aromatic ring is 1. The second-order valence-electron chi connectivity index (χ2n) is 4.48. The summed E-state index contributed by atoms with van der Waals surface area (Å²) in [5.74, 6) is 0.745. The Morgan fingerprint density at radius 1 is 1.32 bits per heavy atom. The van der Waals surface area contributed by atoms with Gasteiger partial charge in [-0.05, 0) is 18.6 Å². The number of amides is 1. The van der Waals surface area contributed by atoms with Crippen LogP contribution in [0.5, 0.6) is 5.75 Å². The lowest BCUT2D eigenvalue weighted by atomic mass is 10.3. The number of nitrogens with two attached hydrogens (primary N) is 1. The summed E-state index contributed by atoms with van der Waals surface area (Å²) < 4.78 is 10.8. The van der Waals surface area contributed by atoms with Crippen molar-refractivity contribution in [2.24, 2.45) is 0 Å². The van der Waals surface area contributed by atoms with Crippen molar-refractivity contribution >= 4 is 11.6 Å². The number of rotatable bonds is 4. The third-order valence-corrected chi connectivity index (χ3v) is 3.07. The molecule has 1 aliphatic rings. The minimum Gasteiger partial charge on any atom is -0.491 e. The largest absolute Gasteiger partial charge is 0.491 e. The molecule has 104 valence electrons. The van der Waals surface area contributed by atoms with Crippen LogP contribution in [0.1, 0.15) is 12.8 Å². The molecule has 1 amide bonds. The number of hydrogen-bond acceptors (Lipinski definition) is 4. The summed E-state index contributed by atoms with van der Waals surface area (Å²) in [5.41, 5.74) is 6.36. The number of carbonyl (C=O) groups excluding carboxylic acids is 1. The SMILES string of the molecule is Nc1ccccc1OCCC(=O)N1CCCOCC1. The van der Waals surface area contributed by atoms with Gasteiger partial charge in [-0.2, -0.15) is 0 Å². The molecule has 1 saturated heterocycles. The summed E-state index contributed by atoms with van der Waals surface area (Å²) >= 11 is 0. The lowest BCUT2D eigenvalue weighted by Gasteiger charge is -2.19. The second kappa shape index (κ2) is 6.99. The van der Waals surface area contributed by atoms with E-state index in [9.17, 15) is 4.79 Å². The Morgan fingerprint density at radius 3 is 3.00 bits per heavy atom. The molecule has 0 radical (unpaired) electrons. The molecule has 1 aromatic rings. The molecule has 0 atom stereocenters. The zero-order valence-electron chi connectivity index (χ0n) is 11.0. The first kappa shape index (κ1) is 13.7. The van der Waals surface area contributed by atoms with Gasteiger partial charge in [0.15, 0.2) is 0 Å². The first-order valence-corrected chi connectivity index (χ1v) is 6.60. The molecule has 1 heterocycles. The Bertz CT molecular complexity index is 415. The van der Waals surface area contributed by atoms with E-state index in [2.05, 4.69) is 0 Å². The van der Waals surface area contributed by atoms with Crippen molar-refractivity contribution in [3.63, 3.8) is 0 Å². The number of ether oxygens (including phenoxy) is 2. The molecule has 5 nitrogen and oxygen atoms in total. The zero-order valence-corrected chi connectivity index (χ0v) is 11.0. The van der Waals surface area contributed by atoms with Crippen LogP contribution in [0.2, 0.25) is 0 Å². The molecule has 1 fully saturated rings. The van der Waals surface area contributed by atoms with Crippen LogP contribution in [0.4, 0.5) is 5.69 Å². The van der Waals surface area contributed by atoms with Crippen molar-refractivity contribution in [3.8, 4) is 5.75 Å². The van der Waals surface area contributed by atoms with Crippen LogP contribution in [0.15, 0.2) is 24.3 Å². The maximum Gasteiger partial charge on any atom is 0.226 e. The van der Waals surface area contributed by atoms with Gasteiger partial charge in [0.2, 0.25) is 5.91 Å². The number of hydrogen-bond donors (Lipinski definition) is 1. The Kier molecular flexibility index (Phi) is 5.03. The Balaban J connectivity index is 1.76. The zero-order chi connectivity index (χ0) is 13.5. The molecule has 0 aromatic heterocycles. The lowest BCUT2D eigenvalue weighted by molar-refractivity contribution is -0.131. The van der Waals surface area contributed by atoms with Gasteiger partial charge >= 0.3 is 0 Å². The van der Waals surface area contributed by atoms with E-state index in [0.29, 0.717) is 37.6 Å². The van der Waals surface area contributed by atoms with E-state index in [0.717, 1.165) is 19.6 Å². The van der Waals surface area contributed by atoms with Crippen LogP contribution < -0.4 is 10.5 Å². The molecule has 0 unspecified atom stereocenters. The minimum atomic E-state index is 0.111. The first-order valence-electron chi connectivity index (χ1n) is 6.60. The third kappa shape index (κ3) is 4.13. The van der Waals surface area contributed by atoms with Gasteiger partial charge in [0.1, 0.15) is 5.75 Å². The summed E-state index contributed by atoms with van der Waals surface area (Å²) in [6, 6.07) is 7.30. The van der Waals surface area contributed by atoms with Crippen LogP contribution in [0.3, 0.4) is 0 Å². The monoisotopic (exact) mass is 264 g/mol. The number of carbonyl (C=O) groups is 1. The summed E-state index contributed by atoms with van der Waals surface area (Å²) in [6.45, 7) is 3.15. The van der Waals surface area contributed by atoms with Gasteiger partial charge in [-0.1, -0.05) is 12.1 Å².